The Bertz CT molecular complexity index is 695. The summed E-state index contributed by atoms with van der Waals surface area (Å²) < 4.78 is 42.0. The molecule has 108 valence electrons. The molecule has 0 radical (unpaired) electrons. The molecule has 0 amide bonds. The Labute approximate surface area is 113 Å². The van der Waals surface area contributed by atoms with Gasteiger partial charge in [-0.2, -0.15) is 0 Å². The van der Waals surface area contributed by atoms with Crippen molar-refractivity contribution in [3.63, 3.8) is 0 Å². The van der Waals surface area contributed by atoms with Gasteiger partial charge in [0, 0.05) is 19.2 Å². The molecule has 0 spiro atoms. The fraction of sp³-hybridized carbons (Fsp3) is 0.308. The number of hydrogen-bond acceptors (Lipinski definition) is 2. The monoisotopic (exact) mass is 285 g/mol. The molecule has 0 saturated heterocycles. The minimum atomic E-state index is -1.57. The highest BCUT2D eigenvalue weighted by Crippen LogP contribution is 2.18. The molecule has 0 fully saturated rings. The number of aromatic nitrogens is 2. The maximum absolute atomic E-state index is 13.3. The number of nitrogen functional groups attached to an aromatic ring is 1. The van der Waals surface area contributed by atoms with Crippen LogP contribution in [0.2, 0.25) is 0 Å². The number of hydrogen-bond donors (Lipinski definition) is 1. The Morgan fingerprint density at radius 2 is 1.75 bits per heavy atom. The number of halogens is 3. The molecule has 0 saturated carbocycles. The SMILES string of the molecule is CCCc1c(N)c(=O)n(-c2cc(F)c(F)c(F)c2)n1C. The Hall–Kier alpha value is -2.18. The molecular formula is C13H14F3N3O. The third kappa shape index (κ3) is 2.09. The zero-order valence-corrected chi connectivity index (χ0v) is 11.1. The van der Waals surface area contributed by atoms with Crippen LogP contribution in [0.3, 0.4) is 0 Å². The fourth-order valence-corrected chi connectivity index (χ4v) is 2.16. The van der Waals surface area contributed by atoms with E-state index in [-0.39, 0.29) is 11.4 Å². The lowest BCUT2D eigenvalue weighted by atomic mass is 10.2. The molecule has 7 heteroatoms. The van der Waals surface area contributed by atoms with Crippen LogP contribution in [0.4, 0.5) is 18.9 Å². The molecular weight excluding hydrogens is 271 g/mol. The van der Waals surface area contributed by atoms with E-state index in [1.54, 1.807) is 7.05 Å². The zero-order chi connectivity index (χ0) is 15.0. The number of benzene rings is 1. The van der Waals surface area contributed by atoms with Gasteiger partial charge < -0.3 is 5.73 Å². The van der Waals surface area contributed by atoms with Crippen LogP contribution >= 0.6 is 0 Å². The number of nitrogens with two attached hydrogens (primary N) is 1. The molecule has 0 unspecified atom stereocenters. The van der Waals surface area contributed by atoms with Crippen LogP contribution in [0.5, 0.6) is 0 Å². The van der Waals surface area contributed by atoms with Gasteiger partial charge in [-0.3, -0.25) is 9.48 Å². The number of anilines is 1. The van der Waals surface area contributed by atoms with Crippen molar-refractivity contribution in [2.75, 3.05) is 5.73 Å². The van der Waals surface area contributed by atoms with Gasteiger partial charge in [-0.15, -0.1) is 0 Å². The second-order valence-electron chi connectivity index (χ2n) is 4.47. The molecule has 1 heterocycles. The van der Waals surface area contributed by atoms with Gasteiger partial charge in [0.05, 0.1) is 11.4 Å². The summed E-state index contributed by atoms with van der Waals surface area (Å²) in [6.07, 6.45) is 1.31. The molecule has 0 aliphatic rings. The van der Waals surface area contributed by atoms with Crippen LogP contribution in [-0.4, -0.2) is 9.36 Å². The zero-order valence-electron chi connectivity index (χ0n) is 11.1. The van der Waals surface area contributed by atoms with E-state index in [1.807, 2.05) is 6.92 Å². The third-order valence-electron chi connectivity index (χ3n) is 3.12. The van der Waals surface area contributed by atoms with Crippen LogP contribution in [0.1, 0.15) is 19.0 Å². The van der Waals surface area contributed by atoms with Crippen molar-refractivity contribution in [3.05, 3.63) is 45.6 Å². The van der Waals surface area contributed by atoms with Crippen molar-refractivity contribution in [3.8, 4) is 5.69 Å². The second kappa shape index (κ2) is 5.07. The normalized spacial score (nSPS) is 11.1. The molecule has 20 heavy (non-hydrogen) atoms. The van der Waals surface area contributed by atoms with Crippen LogP contribution in [0, 0.1) is 17.5 Å². The summed E-state index contributed by atoms with van der Waals surface area (Å²) in [6.45, 7) is 1.92. The molecule has 1 aromatic carbocycles. The largest absolute Gasteiger partial charge is 0.393 e. The Balaban J connectivity index is 2.71. The van der Waals surface area contributed by atoms with Gasteiger partial charge >= 0.3 is 0 Å². The van der Waals surface area contributed by atoms with E-state index in [0.717, 1.165) is 23.2 Å². The molecule has 0 bridgehead atoms. The van der Waals surface area contributed by atoms with E-state index < -0.39 is 23.0 Å². The van der Waals surface area contributed by atoms with Crippen LogP contribution in [0.25, 0.3) is 5.69 Å². The standard InChI is InChI=1S/C13H14F3N3O/c1-3-4-10-12(17)13(20)19(18(10)2)7-5-8(14)11(16)9(15)6-7/h5-6H,3-4,17H2,1-2H3. The van der Waals surface area contributed by atoms with Crippen molar-refractivity contribution in [1.82, 2.24) is 9.36 Å². The molecule has 2 N–H and O–H groups in total. The molecule has 0 aliphatic carbocycles. The van der Waals surface area contributed by atoms with Crippen LogP contribution in [-0.2, 0) is 13.5 Å². The fourth-order valence-electron chi connectivity index (χ4n) is 2.16. The Kier molecular flexibility index (Phi) is 3.61. The minimum Gasteiger partial charge on any atom is -0.393 e. The first-order chi connectivity index (χ1) is 9.38. The van der Waals surface area contributed by atoms with Gasteiger partial charge in [0.1, 0.15) is 5.69 Å². The first-order valence-electron chi connectivity index (χ1n) is 6.09. The van der Waals surface area contributed by atoms with E-state index in [0.29, 0.717) is 12.1 Å². The van der Waals surface area contributed by atoms with Crippen molar-refractivity contribution >= 4 is 5.69 Å². The van der Waals surface area contributed by atoms with Crippen LogP contribution in [0.15, 0.2) is 16.9 Å². The molecule has 4 nitrogen and oxygen atoms in total. The highest BCUT2D eigenvalue weighted by atomic mass is 19.2. The smallest absolute Gasteiger partial charge is 0.294 e. The van der Waals surface area contributed by atoms with Crippen molar-refractivity contribution in [2.24, 2.45) is 7.05 Å². The predicted octanol–water partition coefficient (Wildman–Crippen LogP) is 2.13. The maximum atomic E-state index is 13.3. The van der Waals surface area contributed by atoms with Crippen molar-refractivity contribution in [1.29, 1.82) is 0 Å². The average molecular weight is 285 g/mol. The van der Waals surface area contributed by atoms with Gasteiger partial charge in [-0.25, -0.2) is 17.9 Å². The van der Waals surface area contributed by atoms with Gasteiger partial charge in [0.2, 0.25) is 0 Å². The molecule has 2 aromatic rings. The van der Waals surface area contributed by atoms with Crippen LogP contribution < -0.4 is 11.3 Å². The maximum Gasteiger partial charge on any atom is 0.294 e. The Morgan fingerprint density at radius 1 is 1.20 bits per heavy atom. The van der Waals surface area contributed by atoms with Gasteiger partial charge in [0.15, 0.2) is 17.5 Å². The van der Waals surface area contributed by atoms with E-state index >= 15 is 0 Å². The highest BCUT2D eigenvalue weighted by molar-refractivity contribution is 5.45. The summed E-state index contributed by atoms with van der Waals surface area (Å²) in [5.41, 5.74) is 5.63. The van der Waals surface area contributed by atoms with Gasteiger partial charge in [-0.1, -0.05) is 13.3 Å². The Morgan fingerprint density at radius 3 is 2.25 bits per heavy atom. The topological polar surface area (TPSA) is 53.0 Å². The van der Waals surface area contributed by atoms with E-state index in [9.17, 15) is 18.0 Å². The first kappa shape index (κ1) is 14.2. The van der Waals surface area contributed by atoms with Crippen molar-refractivity contribution in [2.45, 2.75) is 19.8 Å². The molecule has 0 aliphatic heterocycles. The molecule has 1 aromatic heterocycles. The lowest BCUT2D eigenvalue weighted by Gasteiger charge is -2.10. The molecule has 0 atom stereocenters. The summed E-state index contributed by atoms with van der Waals surface area (Å²) in [5, 5.41) is 0. The number of rotatable bonds is 3. The van der Waals surface area contributed by atoms with Gasteiger partial charge in [-0.05, 0) is 6.42 Å². The number of nitrogens with zero attached hydrogens (tertiary/aromatic N) is 2. The summed E-state index contributed by atoms with van der Waals surface area (Å²) in [4.78, 5) is 12.1. The first-order valence-corrected chi connectivity index (χ1v) is 6.09. The minimum absolute atomic E-state index is 0.0273. The lowest BCUT2D eigenvalue weighted by molar-refractivity contribution is 0.444. The average Bonchev–Trinajstić information content (AvgIpc) is 2.60. The van der Waals surface area contributed by atoms with E-state index in [4.69, 9.17) is 5.73 Å². The summed E-state index contributed by atoms with van der Waals surface area (Å²) in [5.74, 6) is -4.29. The van der Waals surface area contributed by atoms with Crippen molar-refractivity contribution < 1.29 is 13.2 Å². The third-order valence-corrected chi connectivity index (χ3v) is 3.12. The summed E-state index contributed by atoms with van der Waals surface area (Å²) in [7, 11) is 1.56. The summed E-state index contributed by atoms with van der Waals surface area (Å²) in [6, 6.07) is 1.52. The summed E-state index contributed by atoms with van der Waals surface area (Å²) >= 11 is 0. The lowest BCUT2D eigenvalue weighted by Crippen LogP contribution is -2.21. The quantitative estimate of drug-likeness (QED) is 0.878. The molecule has 2 rings (SSSR count). The highest BCUT2D eigenvalue weighted by Gasteiger charge is 2.18. The van der Waals surface area contributed by atoms with E-state index in [2.05, 4.69) is 0 Å². The predicted molar refractivity (Wildman–Crippen MR) is 69.3 cm³/mol. The van der Waals surface area contributed by atoms with Gasteiger partial charge in [0.25, 0.3) is 5.56 Å². The second-order valence-corrected chi connectivity index (χ2v) is 4.47. The van der Waals surface area contributed by atoms with E-state index in [1.165, 1.54) is 4.68 Å².